The first-order valence-corrected chi connectivity index (χ1v) is 5.85. The van der Waals surface area contributed by atoms with Crippen LogP contribution in [0.4, 0.5) is 0 Å². The Balaban J connectivity index is 2.42. The summed E-state index contributed by atoms with van der Waals surface area (Å²) in [4.78, 5) is 11.8. The summed E-state index contributed by atoms with van der Waals surface area (Å²) < 4.78 is 5.37. The van der Waals surface area contributed by atoms with Crippen LogP contribution in [0.3, 0.4) is 0 Å². The Morgan fingerprint density at radius 3 is 2.64 bits per heavy atom. The fourth-order valence-corrected chi connectivity index (χ4v) is 2.04. The molecule has 14 heavy (non-hydrogen) atoms. The summed E-state index contributed by atoms with van der Waals surface area (Å²) in [5.74, 6) is 0.713. The van der Waals surface area contributed by atoms with E-state index in [1.807, 2.05) is 13.8 Å². The van der Waals surface area contributed by atoms with Gasteiger partial charge in [-0.15, -0.1) is 0 Å². The van der Waals surface area contributed by atoms with E-state index in [1.54, 1.807) is 0 Å². The van der Waals surface area contributed by atoms with Gasteiger partial charge in [0.15, 0.2) is 0 Å². The summed E-state index contributed by atoms with van der Waals surface area (Å²) in [5.41, 5.74) is 0. The van der Waals surface area contributed by atoms with E-state index >= 15 is 0 Å². The summed E-state index contributed by atoms with van der Waals surface area (Å²) in [6, 6.07) is 0. The van der Waals surface area contributed by atoms with Crippen LogP contribution in [0.5, 0.6) is 0 Å². The Morgan fingerprint density at radius 1 is 1.43 bits per heavy atom. The van der Waals surface area contributed by atoms with E-state index in [0.29, 0.717) is 5.92 Å². The molecule has 0 amide bonds. The third-order valence-corrected chi connectivity index (χ3v) is 3.31. The zero-order valence-electron chi connectivity index (χ0n) is 9.58. The first-order chi connectivity index (χ1) is 6.65. The van der Waals surface area contributed by atoms with Gasteiger partial charge >= 0.3 is 5.97 Å². The van der Waals surface area contributed by atoms with Gasteiger partial charge in [0.2, 0.25) is 0 Å². The van der Waals surface area contributed by atoms with E-state index in [9.17, 15) is 4.79 Å². The molecular weight excluding hydrogens is 176 g/mol. The molecule has 1 fully saturated rings. The van der Waals surface area contributed by atoms with Crippen molar-refractivity contribution in [3.8, 4) is 0 Å². The lowest BCUT2D eigenvalue weighted by molar-refractivity contribution is -0.156. The average Bonchev–Trinajstić information content (AvgIpc) is 2.18. The number of hydrogen-bond acceptors (Lipinski definition) is 2. The molecule has 0 aromatic rings. The highest BCUT2D eigenvalue weighted by Crippen LogP contribution is 2.30. The molecule has 3 unspecified atom stereocenters. The number of ether oxygens (including phenoxy) is 1. The fraction of sp³-hybridized carbons (Fsp3) is 0.917. The molecule has 0 spiro atoms. The minimum absolute atomic E-state index is 0.0338. The second-order valence-corrected chi connectivity index (χ2v) is 4.52. The van der Waals surface area contributed by atoms with Crippen molar-refractivity contribution in [2.45, 2.75) is 59.0 Å². The van der Waals surface area contributed by atoms with Gasteiger partial charge in [0.25, 0.3) is 0 Å². The normalized spacial score (nSPS) is 29.6. The SMILES string of the molecule is CCC(C)OC(=O)C1CCCCC1C. The number of carbonyl (C=O) groups excluding carboxylic acids is 1. The second-order valence-electron chi connectivity index (χ2n) is 4.52. The maximum atomic E-state index is 11.8. The quantitative estimate of drug-likeness (QED) is 0.651. The Labute approximate surface area is 87.0 Å². The average molecular weight is 198 g/mol. The highest BCUT2D eigenvalue weighted by atomic mass is 16.5. The molecule has 1 saturated carbocycles. The molecule has 0 radical (unpaired) electrons. The maximum Gasteiger partial charge on any atom is 0.309 e. The van der Waals surface area contributed by atoms with E-state index < -0.39 is 0 Å². The molecule has 0 aliphatic heterocycles. The van der Waals surface area contributed by atoms with Crippen LogP contribution >= 0.6 is 0 Å². The van der Waals surface area contributed by atoms with Crippen LogP contribution in [0.1, 0.15) is 52.9 Å². The smallest absolute Gasteiger partial charge is 0.309 e. The van der Waals surface area contributed by atoms with Gasteiger partial charge in [-0.1, -0.05) is 26.7 Å². The van der Waals surface area contributed by atoms with Crippen molar-refractivity contribution in [2.24, 2.45) is 11.8 Å². The topological polar surface area (TPSA) is 26.3 Å². The first-order valence-electron chi connectivity index (χ1n) is 5.85. The maximum absolute atomic E-state index is 11.8. The third-order valence-electron chi connectivity index (χ3n) is 3.31. The van der Waals surface area contributed by atoms with Crippen molar-refractivity contribution < 1.29 is 9.53 Å². The first kappa shape index (κ1) is 11.5. The highest BCUT2D eigenvalue weighted by Gasteiger charge is 2.29. The fourth-order valence-electron chi connectivity index (χ4n) is 2.04. The molecule has 0 aromatic carbocycles. The van der Waals surface area contributed by atoms with Gasteiger partial charge in [-0.3, -0.25) is 4.79 Å². The van der Waals surface area contributed by atoms with E-state index in [2.05, 4.69) is 6.92 Å². The molecule has 2 heteroatoms. The second kappa shape index (κ2) is 5.38. The zero-order valence-corrected chi connectivity index (χ0v) is 9.58. The van der Waals surface area contributed by atoms with Crippen molar-refractivity contribution >= 4 is 5.97 Å². The molecule has 0 N–H and O–H groups in total. The Kier molecular flexibility index (Phi) is 4.43. The molecule has 1 rings (SSSR count). The standard InChI is InChI=1S/C12H22O2/c1-4-10(3)14-12(13)11-8-6-5-7-9(11)2/h9-11H,4-8H2,1-3H3. The van der Waals surface area contributed by atoms with Gasteiger partial charge in [0, 0.05) is 0 Å². The van der Waals surface area contributed by atoms with Gasteiger partial charge in [0.05, 0.1) is 12.0 Å². The van der Waals surface area contributed by atoms with Crippen LogP contribution in [0.2, 0.25) is 0 Å². The molecule has 82 valence electrons. The third kappa shape index (κ3) is 3.00. The van der Waals surface area contributed by atoms with Gasteiger partial charge < -0.3 is 4.74 Å². The van der Waals surface area contributed by atoms with Crippen molar-refractivity contribution in [1.29, 1.82) is 0 Å². The monoisotopic (exact) mass is 198 g/mol. The van der Waals surface area contributed by atoms with Gasteiger partial charge in [-0.25, -0.2) is 0 Å². The van der Waals surface area contributed by atoms with Crippen molar-refractivity contribution in [3.05, 3.63) is 0 Å². The molecule has 0 saturated heterocycles. The number of hydrogen-bond donors (Lipinski definition) is 0. The molecule has 2 nitrogen and oxygen atoms in total. The molecule has 1 aliphatic rings. The lowest BCUT2D eigenvalue weighted by Gasteiger charge is -2.27. The van der Waals surface area contributed by atoms with E-state index in [0.717, 1.165) is 12.8 Å². The van der Waals surface area contributed by atoms with Gasteiger partial charge in [-0.2, -0.15) is 0 Å². The number of carbonyl (C=O) groups is 1. The minimum Gasteiger partial charge on any atom is -0.462 e. The summed E-state index contributed by atoms with van der Waals surface area (Å²) in [6.45, 7) is 6.18. The largest absolute Gasteiger partial charge is 0.462 e. The van der Waals surface area contributed by atoms with Crippen molar-refractivity contribution in [1.82, 2.24) is 0 Å². The summed E-state index contributed by atoms with van der Waals surface area (Å²) in [6.07, 6.45) is 5.65. The van der Waals surface area contributed by atoms with Crippen LogP contribution in [-0.2, 0) is 9.53 Å². The summed E-state index contributed by atoms with van der Waals surface area (Å²) in [7, 11) is 0. The van der Waals surface area contributed by atoms with Crippen LogP contribution < -0.4 is 0 Å². The van der Waals surface area contributed by atoms with Crippen molar-refractivity contribution in [3.63, 3.8) is 0 Å². The number of esters is 1. The van der Waals surface area contributed by atoms with E-state index in [4.69, 9.17) is 4.74 Å². The lowest BCUT2D eigenvalue weighted by atomic mass is 9.80. The molecular formula is C12H22O2. The molecule has 0 bridgehead atoms. The Bertz CT molecular complexity index is 189. The Hall–Kier alpha value is -0.530. The predicted molar refractivity (Wildman–Crippen MR) is 57.0 cm³/mol. The van der Waals surface area contributed by atoms with Crippen molar-refractivity contribution in [2.75, 3.05) is 0 Å². The summed E-state index contributed by atoms with van der Waals surface area (Å²) in [5, 5.41) is 0. The van der Waals surface area contributed by atoms with Crippen LogP contribution in [-0.4, -0.2) is 12.1 Å². The molecule has 0 heterocycles. The van der Waals surface area contributed by atoms with Crippen LogP contribution in [0.15, 0.2) is 0 Å². The van der Waals surface area contributed by atoms with Crippen LogP contribution in [0.25, 0.3) is 0 Å². The van der Waals surface area contributed by atoms with Gasteiger partial charge in [-0.05, 0) is 32.1 Å². The molecule has 1 aliphatic carbocycles. The van der Waals surface area contributed by atoms with E-state index in [-0.39, 0.29) is 18.0 Å². The molecule has 0 aromatic heterocycles. The highest BCUT2D eigenvalue weighted by molar-refractivity contribution is 5.73. The minimum atomic E-state index is 0.0338. The van der Waals surface area contributed by atoms with Gasteiger partial charge in [0.1, 0.15) is 0 Å². The Morgan fingerprint density at radius 2 is 2.07 bits per heavy atom. The zero-order chi connectivity index (χ0) is 10.6. The lowest BCUT2D eigenvalue weighted by Crippen LogP contribution is -2.29. The van der Waals surface area contributed by atoms with Crippen LogP contribution in [0, 0.1) is 11.8 Å². The summed E-state index contributed by atoms with van der Waals surface area (Å²) >= 11 is 0. The predicted octanol–water partition coefficient (Wildman–Crippen LogP) is 3.15. The van der Waals surface area contributed by atoms with E-state index in [1.165, 1.54) is 19.3 Å². The molecule has 3 atom stereocenters. The number of rotatable bonds is 3.